The Balaban J connectivity index is 1.46. The van der Waals surface area contributed by atoms with Gasteiger partial charge in [-0.05, 0) is 121 Å². The van der Waals surface area contributed by atoms with E-state index in [0.717, 1.165) is 38.9 Å². The Hall–Kier alpha value is -5.13. The number of aryl methyl sites for hydroxylation is 2. The Morgan fingerprint density at radius 2 is 1.27 bits per heavy atom. The highest BCUT2D eigenvalue weighted by atomic mass is 127. The van der Waals surface area contributed by atoms with Crippen LogP contribution in [-0.2, 0) is 0 Å². The highest BCUT2D eigenvalue weighted by Gasteiger charge is 2.27. The molecule has 5 aromatic carbocycles. The van der Waals surface area contributed by atoms with E-state index in [1.807, 2.05) is 6.07 Å². The van der Waals surface area contributed by atoms with E-state index in [1.165, 1.54) is 33.5 Å². The topological polar surface area (TPSA) is 6.48 Å². The molecule has 0 radical (unpaired) electrons. The van der Waals surface area contributed by atoms with Crippen molar-refractivity contribution in [3.8, 4) is 11.1 Å². The number of alkyl halides is 1. The molecular weight excluding hydrogens is 731 g/mol. The fraction of sp³-hybridized carbons (Fsp3) is 0.125. The van der Waals surface area contributed by atoms with Crippen molar-refractivity contribution in [2.75, 3.05) is 9.80 Å². The van der Waals surface area contributed by atoms with Gasteiger partial charge >= 0.3 is 0 Å². The molecule has 5 aromatic rings. The first-order chi connectivity index (χ1) is 24.9. The Morgan fingerprint density at radius 1 is 0.686 bits per heavy atom. The second kappa shape index (κ2) is 16.3. The van der Waals surface area contributed by atoms with Crippen molar-refractivity contribution < 1.29 is 0 Å². The molecule has 1 aliphatic carbocycles. The number of para-hydroxylation sites is 2. The summed E-state index contributed by atoms with van der Waals surface area (Å²) >= 11 is 2.52. The van der Waals surface area contributed by atoms with E-state index in [0.29, 0.717) is 3.92 Å². The van der Waals surface area contributed by atoms with Crippen molar-refractivity contribution in [2.45, 2.75) is 31.6 Å². The second-order valence-corrected chi connectivity index (χ2v) is 14.2. The van der Waals surface area contributed by atoms with E-state index in [4.69, 9.17) is 0 Å². The van der Waals surface area contributed by atoms with Crippen LogP contribution in [0, 0.1) is 19.8 Å². The van der Waals surface area contributed by atoms with Crippen molar-refractivity contribution in [3.63, 3.8) is 0 Å². The minimum absolute atomic E-state index is 0.220. The lowest BCUT2D eigenvalue weighted by Gasteiger charge is -2.34. The van der Waals surface area contributed by atoms with E-state index in [1.54, 1.807) is 0 Å². The van der Waals surface area contributed by atoms with E-state index < -0.39 is 0 Å². The summed E-state index contributed by atoms with van der Waals surface area (Å²) in [5.74, 6) is 0.220. The van der Waals surface area contributed by atoms with Crippen molar-refractivity contribution in [2.24, 2.45) is 5.92 Å². The first kappa shape index (κ1) is 35.7. The third kappa shape index (κ3) is 7.50. The Morgan fingerprint density at radius 3 is 1.86 bits per heavy atom. The van der Waals surface area contributed by atoms with Crippen LogP contribution < -0.4 is 20.2 Å². The molecule has 6 rings (SSSR count). The molecule has 0 heterocycles. The first-order valence-corrected chi connectivity index (χ1v) is 18.8. The van der Waals surface area contributed by atoms with E-state index in [2.05, 4.69) is 231 Å². The van der Waals surface area contributed by atoms with E-state index in [9.17, 15) is 0 Å². The maximum Gasteiger partial charge on any atom is 0.0536 e. The van der Waals surface area contributed by atoms with Gasteiger partial charge in [0.1, 0.15) is 0 Å². The molecule has 3 heteroatoms. The Kier molecular flexibility index (Phi) is 11.4. The molecule has 1 unspecified atom stereocenters. The average Bonchev–Trinajstić information content (AvgIpc) is 3.14. The van der Waals surface area contributed by atoms with Crippen LogP contribution in [0.2, 0.25) is 0 Å². The van der Waals surface area contributed by atoms with Gasteiger partial charge in [0.2, 0.25) is 0 Å². The van der Waals surface area contributed by atoms with Gasteiger partial charge in [0.25, 0.3) is 0 Å². The number of halogens is 1. The predicted molar refractivity (Wildman–Crippen MR) is 230 cm³/mol. The SMILES string of the molecule is C=C[C@H]1C(/C=C\C)=C(N(c2ccccc2)c2ccc(-c3ccc(N(C(/C=C\C)=c4\ccccc4=C)c4ccccc4)cc3C)c(C)c2)C=CC1I. The first-order valence-electron chi connectivity index (χ1n) is 17.5. The molecule has 2 nitrogen and oxygen atoms in total. The smallest absolute Gasteiger partial charge is 0.0536 e. The molecule has 0 saturated heterocycles. The molecule has 254 valence electrons. The molecule has 1 aliphatic rings. The molecule has 0 aliphatic heterocycles. The zero-order valence-electron chi connectivity index (χ0n) is 29.9. The van der Waals surface area contributed by atoms with Crippen LogP contribution in [0.1, 0.15) is 25.0 Å². The predicted octanol–water partition coefficient (Wildman–Crippen LogP) is 12.0. The Bertz CT molecular complexity index is 2260. The van der Waals surface area contributed by atoms with Crippen molar-refractivity contribution >= 4 is 57.6 Å². The lowest BCUT2D eigenvalue weighted by atomic mass is 9.88. The minimum Gasteiger partial charge on any atom is -0.310 e. The standard InChI is InChI=1S/C48H45IN2/c1-7-18-45-41(9-3)46(49)30-31-48(45)51(38-23-14-11-15-24-38)40-27-29-43(36(6)33-40)42-28-26-39(32-35(42)5)50(37-21-12-10-13-22-37)47(19-8-2)44-25-17-16-20-34(44)4/h7-33,41,46H,3-4H2,1-2,5-6H3/b18-7-,19-8-,47-44+/t41-,46?/m0/s1. The van der Waals surface area contributed by atoms with Crippen molar-refractivity contribution in [3.05, 3.63) is 203 Å². The molecule has 0 amide bonds. The van der Waals surface area contributed by atoms with Gasteiger partial charge < -0.3 is 9.80 Å². The number of hydrogen-bond donors (Lipinski definition) is 0. The normalized spacial score (nSPS) is 16.5. The van der Waals surface area contributed by atoms with Gasteiger partial charge in [0.05, 0.1) is 5.70 Å². The second-order valence-electron chi connectivity index (χ2n) is 12.8. The largest absolute Gasteiger partial charge is 0.310 e. The average molecular weight is 777 g/mol. The van der Waals surface area contributed by atoms with Crippen LogP contribution in [0.3, 0.4) is 0 Å². The number of hydrogen-bond acceptors (Lipinski definition) is 2. The number of anilines is 4. The highest BCUT2D eigenvalue weighted by molar-refractivity contribution is 14.1. The van der Waals surface area contributed by atoms with Crippen LogP contribution in [0.4, 0.5) is 22.7 Å². The molecule has 0 N–H and O–H groups in total. The molecule has 0 bridgehead atoms. The summed E-state index contributed by atoms with van der Waals surface area (Å²) in [6.45, 7) is 17.2. The number of nitrogens with zero attached hydrogens (tertiary/aromatic N) is 2. The van der Waals surface area contributed by atoms with Gasteiger partial charge in [0, 0.05) is 43.5 Å². The zero-order valence-corrected chi connectivity index (χ0v) is 32.1. The van der Waals surface area contributed by atoms with Gasteiger partial charge in [-0.25, -0.2) is 0 Å². The summed E-state index contributed by atoms with van der Waals surface area (Å²) in [6.07, 6.45) is 15.3. The summed E-state index contributed by atoms with van der Waals surface area (Å²) in [6, 6.07) is 43.2. The quantitative estimate of drug-likeness (QED) is 0.0792. The van der Waals surface area contributed by atoms with Gasteiger partial charge in [-0.3, -0.25) is 0 Å². The van der Waals surface area contributed by atoms with Crippen LogP contribution in [-0.4, -0.2) is 3.92 Å². The molecule has 51 heavy (non-hydrogen) atoms. The van der Waals surface area contributed by atoms with Gasteiger partial charge in [-0.15, -0.1) is 6.58 Å². The fourth-order valence-electron chi connectivity index (χ4n) is 6.98. The fourth-order valence-corrected chi connectivity index (χ4v) is 7.87. The van der Waals surface area contributed by atoms with E-state index in [-0.39, 0.29) is 5.92 Å². The van der Waals surface area contributed by atoms with Crippen molar-refractivity contribution in [1.82, 2.24) is 0 Å². The van der Waals surface area contributed by atoms with Crippen LogP contribution in [0.15, 0.2) is 182 Å². The number of benzene rings is 5. The maximum atomic E-state index is 4.37. The lowest BCUT2D eigenvalue weighted by Crippen LogP contribution is -2.31. The van der Waals surface area contributed by atoms with Gasteiger partial charge in [0.15, 0.2) is 0 Å². The summed E-state index contributed by atoms with van der Waals surface area (Å²) in [5, 5.41) is 2.09. The van der Waals surface area contributed by atoms with E-state index >= 15 is 0 Å². The maximum absolute atomic E-state index is 4.37. The lowest BCUT2D eigenvalue weighted by molar-refractivity contribution is 0.806. The molecule has 0 fully saturated rings. The van der Waals surface area contributed by atoms with Crippen LogP contribution in [0.25, 0.3) is 23.4 Å². The molecule has 0 aromatic heterocycles. The summed E-state index contributed by atoms with van der Waals surface area (Å²) in [7, 11) is 0. The third-order valence-electron chi connectivity index (χ3n) is 9.39. The highest BCUT2D eigenvalue weighted by Crippen LogP contribution is 2.41. The van der Waals surface area contributed by atoms with Crippen LogP contribution in [0.5, 0.6) is 0 Å². The molecule has 0 spiro atoms. The van der Waals surface area contributed by atoms with Crippen molar-refractivity contribution in [1.29, 1.82) is 0 Å². The summed E-state index contributed by atoms with van der Waals surface area (Å²) < 4.78 is 0.348. The van der Waals surface area contributed by atoms with Gasteiger partial charge in [-0.2, -0.15) is 0 Å². The molecular formula is C48H45IN2. The zero-order chi connectivity index (χ0) is 35.9. The van der Waals surface area contributed by atoms with Crippen LogP contribution >= 0.6 is 22.6 Å². The summed E-state index contributed by atoms with van der Waals surface area (Å²) in [5.41, 5.74) is 12.8. The van der Waals surface area contributed by atoms with Gasteiger partial charge in [-0.1, -0.05) is 132 Å². The third-order valence-corrected chi connectivity index (χ3v) is 10.6. The Labute approximate surface area is 317 Å². The molecule has 2 atom stereocenters. The summed E-state index contributed by atoms with van der Waals surface area (Å²) in [4.78, 5) is 4.72. The number of rotatable bonds is 10. The minimum atomic E-state index is 0.220. The number of allylic oxidation sites excluding steroid dienone is 7. The molecule has 0 saturated carbocycles. The monoisotopic (exact) mass is 776 g/mol.